The molecule has 1 fully saturated rings. The number of nitrogens with one attached hydrogen (secondary N) is 1. The Kier molecular flexibility index (Phi) is 8.46. The summed E-state index contributed by atoms with van der Waals surface area (Å²) < 4.78 is 4.97. The first-order chi connectivity index (χ1) is 10.2. The Balaban J connectivity index is 0.00000242. The molecule has 4 nitrogen and oxygen atoms in total. The Morgan fingerprint density at radius 3 is 2.77 bits per heavy atom. The second-order valence-electron chi connectivity index (χ2n) is 5.74. The van der Waals surface area contributed by atoms with Crippen LogP contribution in [0.4, 0.5) is 0 Å². The average Bonchev–Trinajstić information content (AvgIpc) is 2.94. The number of amides is 1. The number of aryl methyl sites for hydroxylation is 1. The van der Waals surface area contributed by atoms with Crippen molar-refractivity contribution < 1.29 is 9.53 Å². The van der Waals surface area contributed by atoms with Crippen LogP contribution in [0.15, 0.2) is 24.3 Å². The monoisotopic (exact) mass is 326 g/mol. The molecule has 0 spiro atoms. The molecular weight excluding hydrogens is 300 g/mol. The van der Waals surface area contributed by atoms with Crippen LogP contribution in [-0.2, 0) is 16.0 Å². The van der Waals surface area contributed by atoms with Gasteiger partial charge in [0.1, 0.15) is 0 Å². The lowest BCUT2D eigenvalue weighted by Gasteiger charge is -2.25. The standard InChI is InChI=1S/C17H26N2O2.ClH/c1-14-5-7-15(8-6-14)12-16-4-3-10-19(16)17(20)13-18-9-11-21-2;/h5-8,16,18H,3-4,9-13H2,1-2H3;1H. The van der Waals surface area contributed by atoms with E-state index >= 15 is 0 Å². The lowest BCUT2D eigenvalue weighted by molar-refractivity contribution is -0.131. The molecule has 0 aliphatic carbocycles. The van der Waals surface area contributed by atoms with Gasteiger partial charge in [0.25, 0.3) is 0 Å². The summed E-state index contributed by atoms with van der Waals surface area (Å²) in [4.78, 5) is 14.3. The van der Waals surface area contributed by atoms with Gasteiger partial charge in [-0.15, -0.1) is 12.4 Å². The van der Waals surface area contributed by atoms with Gasteiger partial charge < -0.3 is 15.0 Å². The van der Waals surface area contributed by atoms with Crippen molar-refractivity contribution in [3.05, 3.63) is 35.4 Å². The third-order valence-corrected chi connectivity index (χ3v) is 4.05. The maximum Gasteiger partial charge on any atom is 0.236 e. The third-order valence-electron chi connectivity index (χ3n) is 4.05. The Hall–Kier alpha value is -1.10. The van der Waals surface area contributed by atoms with E-state index in [1.165, 1.54) is 11.1 Å². The topological polar surface area (TPSA) is 41.6 Å². The van der Waals surface area contributed by atoms with E-state index in [1.54, 1.807) is 7.11 Å². The number of hydrogen-bond acceptors (Lipinski definition) is 3. The number of halogens is 1. The van der Waals surface area contributed by atoms with E-state index in [0.29, 0.717) is 19.2 Å². The minimum Gasteiger partial charge on any atom is -0.383 e. The highest BCUT2D eigenvalue weighted by Crippen LogP contribution is 2.21. The molecule has 1 aromatic carbocycles. The molecule has 0 bridgehead atoms. The van der Waals surface area contributed by atoms with Crippen LogP contribution in [0.25, 0.3) is 0 Å². The van der Waals surface area contributed by atoms with Gasteiger partial charge in [0, 0.05) is 26.2 Å². The number of rotatable bonds is 7. The van der Waals surface area contributed by atoms with Crippen LogP contribution >= 0.6 is 12.4 Å². The summed E-state index contributed by atoms with van der Waals surface area (Å²) in [6.45, 7) is 4.76. The van der Waals surface area contributed by atoms with Crippen LogP contribution in [0.2, 0.25) is 0 Å². The van der Waals surface area contributed by atoms with E-state index in [2.05, 4.69) is 36.5 Å². The third kappa shape index (κ3) is 5.59. The normalized spacial score (nSPS) is 17.4. The van der Waals surface area contributed by atoms with Crippen LogP contribution in [0, 0.1) is 6.92 Å². The van der Waals surface area contributed by atoms with Gasteiger partial charge in [0.15, 0.2) is 0 Å². The molecule has 2 rings (SSSR count). The summed E-state index contributed by atoms with van der Waals surface area (Å²) >= 11 is 0. The molecule has 0 saturated carbocycles. The molecule has 1 unspecified atom stereocenters. The molecule has 1 heterocycles. The molecule has 1 aliphatic rings. The number of carbonyl (C=O) groups excluding carboxylic acids is 1. The zero-order valence-electron chi connectivity index (χ0n) is 13.5. The fourth-order valence-electron chi connectivity index (χ4n) is 2.84. The van der Waals surface area contributed by atoms with Gasteiger partial charge in [-0.25, -0.2) is 0 Å². The summed E-state index contributed by atoms with van der Waals surface area (Å²) in [5.74, 6) is 0.209. The fraction of sp³-hybridized carbons (Fsp3) is 0.588. The molecule has 1 N–H and O–H groups in total. The van der Waals surface area contributed by atoms with E-state index < -0.39 is 0 Å². The number of benzene rings is 1. The first kappa shape index (κ1) is 18.9. The van der Waals surface area contributed by atoms with Crippen molar-refractivity contribution in [2.45, 2.75) is 32.2 Å². The number of ether oxygens (including phenoxy) is 1. The van der Waals surface area contributed by atoms with Crippen molar-refractivity contribution in [3.63, 3.8) is 0 Å². The van der Waals surface area contributed by atoms with E-state index in [0.717, 1.165) is 32.4 Å². The average molecular weight is 327 g/mol. The van der Waals surface area contributed by atoms with Gasteiger partial charge >= 0.3 is 0 Å². The predicted molar refractivity (Wildman–Crippen MR) is 91.6 cm³/mol. The second kappa shape index (κ2) is 9.82. The number of methoxy groups -OCH3 is 1. The molecule has 5 heteroatoms. The van der Waals surface area contributed by atoms with Crippen molar-refractivity contribution in [3.8, 4) is 0 Å². The number of hydrogen-bond donors (Lipinski definition) is 1. The molecule has 1 aromatic rings. The molecule has 124 valence electrons. The van der Waals surface area contributed by atoms with Crippen LogP contribution in [0.1, 0.15) is 24.0 Å². The zero-order valence-corrected chi connectivity index (χ0v) is 14.3. The van der Waals surface area contributed by atoms with Gasteiger partial charge in [-0.2, -0.15) is 0 Å². The van der Waals surface area contributed by atoms with Gasteiger partial charge in [-0.1, -0.05) is 29.8 Å². The lowest BCUT2D eigenvalue weighted by atomic mass is 10.0. The van der Waals surface area contributed by atoms with Crippen molar-refractivity contribution >= 4 is 18.3 Å². The summed E-state index contributed by atoms with van der Waals surface area (Å²) in [6, 6.07) is 8.98. The predicted octanol–water partition coefficient (Wildman–Crippen LogP) is 2.19. The van der Waals surface area contributed by atoms with Gasteiger partial charge in [-0.3, -0.25) is 4.79 Å². The second-order valence-corrected chi connectivity index (χ2v) is 5.74. The molecule has 1 atom stereocenters. The summed E-state index contributed by atoms with van der Waals surface area (Å²) in [5.41, 5.74) is 2.60. The van der Waals surface area contributed by atoms with Crippen LogP contribution in [-0.4, -0.2) is 50.2 Å². The largest absolute Gasteiger partial charge is 0.383 e. The van der Waals surface area contributed by atoms with Gasteiger partial charge in [-0.05, 0) is 31.7 Å². The van der Waals surface area contributed by atoms with Gasteiger partial charge in [0.2, 0.25) is 5.91 Å². The molecule has 1 aliphatic heterocycles. The maximum absolute atomic E-state index is 12.3. The van der Waals surface area contributed by atoms with Crippen LogP contribution < -0.4 is 5.32 Å². The quantitative estimate of drug-likeness (QED) is 0.781. The van der Waals surface area contributed by atoms with Crippen molar-refractivity contribution in [1.29, 1.82) is 0 Å². The van der Waals surface area contributed by atoms with Crippen molar-refractivity contribution in [2.24, 2.45) is 0 Å². The molecule has 0 aromatic heterocycles. The zero-order chi connectivity index (χ0) is 15.1. The smallest absolute Gasteiger partial charge is 0.236 e. The number of likely N-dealkylation sites (tertiary alicyclic amines) is 1. The first-order valence-electron chi connectivity index (χ1n) is 7.75. The highest BCUT2D eigenvalue weighted by Gasteiger charge is 2.28. The summed E-state index contributed by atoms with van der Waals surface area (Å²) in [5, 5.41) is 3.14. The molecule has 1 saturated heterocycles. The highest BCUT2D eigenvalue weighted by molar-refractivity contribution is 5.85. The SMILES string of the molecule is COCCNCC(=O)N1CCCC1Cc1ccc(C)cc1.Cl. The van der Waals surface area contributed by atoms with Crippen LogP contribution in [0.3, 0.4) is 0 Å². The number of carbonyl (C=O) groups is 1. The Morgan fingerprint density at radius 2 is 2.09 bits per heavy atom. The minimum atomic E-state index is 0. The van der Waals surface area contributed by atoms with Crippen LogP contribution in [0.5, 0.6) is 0 Å². The van der Waals surface area contributed by atoms with E-state index in [1.807, 2.05) is 4.90 Å². The maximum atomic E-state index is 12.3. The minimum absolute atomic E-state index is 0. The number of nitrogens with zero attached hydrogens (tertiary/aromatic N) is 1. The lowest BCUT2D eigenvalue weighted by Crippen LogP contribution is -2.42. The Labute approximate surface area is 139 Å². The Bertz CT molecular complexity index is 450. The van der Waals surface area contributed by atoms with Crippen molar-refractivity contribution in [1.82, 2.24) is 10.2 Å². The van der Waals surface area contributed by atoms with E-state index in [9.17, 15) is 4.79 Å². The van der Waals surface area contributed by atoms with Crippen molar-refractivity contribution in [2.75, 3.05) is 33.4 Å². The first-order valence-corrected chi connectivity index (χ1v) is 7.75. The molecule has 22 heavy (non-hydrogen) atoms. The summed E-state index contributed by atoms with van der Waals surface area (Å²) in [7, 11) is 1.67. The van der Waals surface area contributed by atoms with Gasteiger partial charge in [0.05, 0.1) is 13.2 Å². The van der Waals surface area contributed by atoms with E-state index in [4.69, 9.17) is 4.74 Å². The van der Waals surface area contributed by atoms with E-state index in [-0.39, 0.29) is 18.3 Å². The fourth-order valence-corrected chi connectivity index (χ4v) is 2.84. The molecule has 1 amide bonds. The molecule has 0 radical (unpaired) electrons. The Morgan fingerprint density at radius 1 is 1.36 bits per heavy atom. The highest BCUT2D eigenvalue weighted by atomic mass is 35.5. The summed E-state index contributed by atoms with van der Waals surface area (Å²) in [6.07, 6.45) is 3.18. The molecular formula is C17H27ClN2O2.